The van der Waals surface area contributed by atoms with E-state index in [1.54, 1.807) is 0 Å². The van der Waals surface area contributed by atoms with Crippen LogP contribution in [-0.2, 0) is 13.0 Å². The molecule has 0 aliphatic carbocycles. The summed E-state index contributed by atoms with van der Waals surface area (Å²) in [7, 11) is 0. The first kappa shape index (κ1) is 14.1. The lowest BCUT2D eigenvalue weighted by atomic mass is 10.1. The van der Waals surface area contributed by atoms with Gasteiger partial charge in [-0.1, -0.05) is 46.3 Å². The minimum Gasteiger partial charge on any atom is -0.488 e. The van der Waals surface area contributed by atoms with Gasteiger partial charge in [0.1, 0.15) is 12.4 Å². The number of ether oxygens (including phenoxy) is 1. The number of nitrogens with two attached hydrogens (primary N) is 1. The summed E-state index contributed by atoms with van der Waals surface area (Å²) >= 11 is 3.47. The molecule has 0 heterocycles. The quantitative estimate of drug-likeness (QED) is 0.908. The van der Waals surface area contributed by atoms with E-state index in [-0.39, 0.29) is 0 Å². The molecule has 2 nitrogen and oxygen atoms in total. The molecule has 0 amide bonds. The molecule has 0 saturated heterocycles. The van der Waals surface area contributed by atoms with Crippen LogP contribution in [0, 0.1) is 6.92 Å². The third kappa shape index (κ3) is 3.82. The molecule has 0 unspecified atom stereocenters. The molecule has 0 aliphatic rings. The Morgan fingerprint density at radius 3 is 2.68 bits per heavy atom. The fourth-order valence-corrected chi connectivity index (χ4v) is 2.50. The summed E-state index contributed by atoms with van der Waals surface area (Å²) in [6.45, 7) is 3.27. The van der Waals surface area contributed by atoms with Gasteiger partial charge in [0.15, 0.2) is 0 Å². The SMILES string of the molecule is Cc1cccc(CCN)c1OCc1cccc(Br)c1. The zero-order valence-corrected chi connectivity index (χ0v) is 12.6. The van der Waals surface area contributed by atoms with Crippen LogP contribution in [0.1, 0.15) is 16.7 Å². The normalized spacial score (nSPS) is 10.5. The lowest BCUT2D eigenvalue weighted by Gasteiger charge is -2.14. The van der Waals surface area contributed by atoms with E-state index in [1.807, 2.05) is 18.2 Å². The fourth-order valence-electron chi connectivity index (χ4n) is 2.05. The Morgan fingerprint density at radius 1 is 1.16 bits per heavy atom. The Kier molecular flexibility index (Phi) is 5.00. The van der Waals surface area contributed by atoms with Gasteiger partial charge in [0.05, 0.1) is 0 Å². The molecule has 0 aromatic heterocycles. The van der Waals surface area contributed by atoms with Crippen molar-refractivity contribution in [1.29, 1.82) is 0 Å². The number of para-hydroxylation sites is 1. The van der Waals surface area contributed by atoms with Crippen LogP contribution in [0.25, 0.3) is 0 Å². The topological polar surface area (TPSA) is 35.2 Å². The van der Waals surface area contributed by atoms with Crippen molar-refractivity contribution in [2.45, 2.75) is 20.0 Å². The van der Waals surface area contributed by atoms with Crippen molar-refractivity contribution in [2.24, 2.45) is 5.73 Å². The molecule has 0 atom stereocenters. The molecule has 0 spiro atoms. The Hall–Kier alpha value is -1.32. The molecule has 2 rings (SSSR count). The number of rotatable bonds is 5. The van der Waals surface area contributed by atoms with E-state index >= 15 is 0 Å². The van der Waals surface area contributed by atoms with E-state index in [0.717, 1.165) is 27.8 Å². The van der Waals surface area contributed by atoms with Crippen LogP contribution in [0.4, 0.5) is 0 Å². The third-order valence-electron chi connectivity index (χ3n) is 2.98. The molecule has 2 aromatic carbocycles. The van der Waals surface area contributed by atoms with Crippen molar-refractivity contribution in [3.63, 3.8) is 0 Å². The molecule has 0 bridgehead atoms. The Morgan fingerprint density at radius 2 is 1.95 bits per heavy atom. The second-order valence-corrected chi connectivity index (χ2v) is 5.44. The summed E-state index contributed by atoms with van der Waals surface area (Å²) < 4.78 is 7.06. The molecule has 2 N–H and O–H groups in total. The highest BCUT2D eigenvalue weighted by atomic mass is 79.9. The Bertz CT molecular complexity index is 554. The monoisotopic (exact) mass is 319 g/mol. The summed E-state index contributed by atoms with van der Waals surface area (Å²) in [5.41, 5.74) is 9.13. The van der Waals surface area contributed by atoms with Crippen molar-refractivity contribution in [2.75, 3.05) is 6.54 Å². The molecule has 0 saturated carbocycles. The van der Waals surface area contributed by atoms with Gasteiger partial charge in [-0.15, -0.1) is 0 Å². The summed E-state index contributed by atoms with van der Waals surface area (Å²) in [6.07, 6.45) is 0.843. The molecular formula is C16H18BrNO. The van der Waals surface area contributed by atoms with Crippen molar-refractivity contribution in [1.82, 2.24) is 0 Å². The van der Waals surface area contributed by atoms with Crippen molar-refractivity contribution in [3.05, 3.63) is 63.6 Å². The van der Waals surface area contributed by atoms with Gasteiger partial charge in [0.25, 0.3) is 0 Å². The van der Waals surface area contributed by atoms with Gasteiger partial charge in [-0.3, -0.25) is 0 Å². The van der Waals surface area contributed by atoms with Gasteiger partial charge >= 0.3 is 0 Å². The van der Waals surface area contributed by atoms with Gasteiger partial charge in [0.2, 0.25) is 0 Å². The van der Waals surface area contributed by atoms with Gasteiger partial charge in [-0.05, 0) is 48.7 Å². The van der Waals surface area contributed by atoms with E-state index in [2.05, 4.69) is 47.1 Å². The Labute approximate surface area is 122 Å². The number of halogens is 1. The maximum Gasteiger partial charge on any atom is 0.125 e. The number of hydrogen-bond donors (Lipinski definition) is 1. The van der Waals surface area contributed by atoms with E-state index < -0.39 is 0 Å². The first-order chi connectivity index (χ1) is 9.20. The molecule has 3 heteroatoms. The number of benzene rings is 2. The average Bonchev–Trinajstić information content (AvgIpc) is 2.38. The predicted octanol–water partition coefficient (Wildman–Crippen LogP) is 3.84. The van der Waals surface area contributed by atoms with Crippen LogP contribution >= 0.6 is 15.9 Å². The maximum atomic E-state index is 5.99. The highest BCUT2D eigenvalue weighted by Gasteiger charge is 2.06. The smallest absolute Gasteiger partial charge is 0.125 e. The summed E-state index contributed by atoms with van der Waals surface area (Å²) in [5.74, 6) is 0.966. The molecule has 2 aromatic rings. The minimum absolute atomic E-state index is 0.571. The highest BCUT2D eigenvalue weighted by molar-refractivity contribution is 9.10. The van der Waals surface area contributed by atoms with Crippen molar-refractivity contribution < 1.29 is 4.74 Å². The van der Waals surface area contributed by atoms with Crippen molar-refractivity contribution >= 4 is 15.9 Å². The third-order valence-corrected chi connectivity index (χ3v) is 3.47. The van der Waals surface area contributed by atoms with E-state index in [0.29, 0.717) is 13.2 Å². The van der Waals surface area contributed by atoms with Crippen LogP contribution in [0.2, 0.25) is 0 Å². The van der Waals surface area contributed by atoms with Gasteiger partial charge in [0, 0.05) is 4.47 Å². The van der Waals surface area contributed by atoms with Crippen LogP contribution in [0.3, 0.4) is 0 Å². The van der Waals surface area contributed by atoms with E-state index in [1.165, 1.54) is 5.56 Å². The molecule has 100 valence electrons. The summed E-state index contributed by atoms with van der Waals surface area (Å²) in [6, 6.07) is 14.4. The van der Waals surface area contributed by atoms with Crippen LogP contribution in [0.15, 0.2) is 46.9 Å². The summed E-state index contributed by atoms with van der Waals surface area (Å²) in [4.78, 5) is 0. The largest absolute Gasteiger partial charge is 0.488 e. The molecule has 0 fully saturated rings. The van der Waals surface area contributed by atoms with Gasteiger partial charge in [-0.2, -0.15) is 0 Å². The predicted molar refractivity (Wildman–Crippen MR) is 82.4 cm³/mol. The second kappa shape index (κ2) is 6.73. The number of aryl methyl sites for hydroxylation is 1. The first-order valence-electron chi connectivity index (χ1n) is 6.36. The standard InChI is InChI=1S/C16H18BrNO/c1-12-4-2-6-14(8-9-18)16(12)19-11-13-5-3-7-15(17)10-13/h2-7,10H,8-9,11,18H2,1H3. The zero-order valence-electron chi connectivity index (χ0n) is 11.0. The highest BCUT2D eigenvalue weighted by Crippen LogP contribution is 2.25. The van der Waals surface area contributed by atoms with Crippen LogP contribution in [-0.4, -0.2) is 6.54 Å². The minimum atomic E-state index is 0.571. The van der Waals surface area contributed by atoms with E-state index in [4.69, 9.17) is 10.5 Å². The van der Waals surface area contributed by atoms with Gasteiger partial charge in [-0.25, -0.2) is 0 Å². The van der Waals surface area contributed by atoms with Crippen molar-refractivity contribution in [3.8, 4) is 5.75 Å². The number of hydrogen-bond acceptors (Lipinski definition) is 2. The average molecular weight is 320 g/mol. The lowest BCUT2D eigenvalue weighted by Crippen LogP contribution is -2.06. The van der Waals surface area contributed by atoms with Crippen LogP contribution < -0.4 is 10.5 Å². The maximum absolute atomic E-state index is 5.99. The molecular weight excluding hydrogens is 302 g/mol. The molecule has 0 radical (unpaired) electrons. The molecule has 19 heavy (non-hydrogen) atoms. The molecule has 0 aliphatic heterocycles. The Balaban J connectivity index is 2.14. The zero-order chi connectivity index (χ0) is 13.7. The fraction of sp³-hybridized carbons (Fsp3) is 0.250. The second-order valence-electron chi connectivity index (χ2n) is 4.52. The van der Waals surface area contributed by atoms with Crippen LogP contribution in [0.5, 0.6) is 5.75 Å². The summed E-state index contributed by atoms with van der Waals surface area (Å²) in [5, 5.41) is 0. The lowest BCUT2D eigenvalue weighted by molar-refractivity contribution is 0.301. The first-order valence-corrected chi connectivity index (χ1v) is 7.16. The van der Waals surface area contributed by atoms with E-state index in [9.17, 15) is 0 Å². The van der Waals surface area contributed by atoms with Gasteiger partial charge < -0.3 is 10.5 Å².